The van der Waals surface area contributed by atoms with Crippen molar-refractivity contribution in [1.82, 2.24) is 0 Å². The lowest BCUT2D eigenvalue weighted by atomic mass is 10.5. The number of hydrogen-bond donors (Lipinski definition) is 0. The van der Waals surface area contributed by atoms with Gasteiger partial charge < -0.3 is 4.74 Å². The van der Waals surface area contributed by atoms with Crippen LogP contribution in [-0.2, 0) is 14.3 Å². The van der Waals surface area contributed by atoms with Crippen LogP contribution < -0.4 is 0 Å². The fourth-order valence-corrected chi connectivity index (χ4v) is 0.234. The third-order valence-corrected chi connectivity index (χ3v) is 0.684. The Balaban J connectivity index is 3.89. The van der Waals surface area contributed by atoms with E-state index in [9.17, 15) is 9.59 Å². The SMILES string of the molecule is [2H]C(Cl)C(=O)C(=O)OC. The van der Waals surface area contributed by atoms with E-state index < -0.39 is 17.6 Å². The summed E-state index contributed by atoms with van der Waals surface area (Å²) in [5.41, 5.74) is 0. The van der Waals surface area contributed by atoms with Gasteiger partial charge in [0, 0.05) is 0 Å². The molecule has 1 unspecified atom stereocenters. The zero-order valence-electron chi connectivity index (χ0n) is 5.18. The van der Waals surface area contributed by atoms with E-state index >= 15 is 0 Å². The molecule has 8 heavy (non-hydrogen) atoms. The van der Waals surface area contributed by atoms with Crippen LogP contribution in [0.5, 0.6) is 0 Å². The first-order valence-electron chi connectivity index (χ1n) is 2.35. The second-order valence-electron chi connectivity index (χ2n) is 0.965. The normalized spacial score (nSPS) is 14.0. The van der Waals surface area contributed by atoms with E-state index in [4.69, 9.17) is 13.0 Å². The lowest BCUT2D eigenvalue weighted by Gasteiger charge is -1.89. The van der Waals surface area contributed by atoms with Gasteiger partial charge in [-0.05, 0) is 0 Å². The van der Waals surface area contributed by atoms with Gasteiger partial charge >= 0.3 is 5.97 Å². The molecule has 0 aromatic carbocycles. The highest BCUT2D eigenvalue weighted by atomic mass is 35.5. The Labute approximate surface area is 53.0 Å². The number of alkyl halides is 1. The molecule has 0 aromatic rings. The van der Waals surface area contributed by atoms with Crippen molar-refractivity contribution in [2.45, 2.75) is 0 Å². The summed E-state index contributed by atoms with van der Waals surface area (Å²) in [5.74, 6) is -3.67. The molecule has 1 atom stereocenters. The summed E-state index contributed by atoms with van der Waals surface area (Å²) in [7, 11) is 1.06. The van der Waals surface area contributed by atoms with Crippen LogP contribution in [0.1, 0.15) is 1.37 Å². The Kier molecular flexibility index (Phi) is 2.39. The summed E-state index contributed by atoms with van der Waals surface area (Å²) in [6.45, 7) is 0. The van der Waals surface area contributed by atoms with Crippen LogP contribution in [0.3, 0.4) is 0 Å². The van der Waals surface area contributed by atoms with Gasteiger partial charge in [-0.2, -0.15) is 0 Å². The van der Waals surface area contributed by atoms with Crippen LogP contribution in [0.2, 0.25) is 0 Å². The number of esters is 1. The number of methoxy groups -OCH3 is 1. The number of carbonyl (C=O) groups is 2. The predicted octanol–water partition coefficient (Wildman–Crippen LogP) is -0.0327. The van der Waals surface area contributed by atoms with Crippen LogP contribution in [0.25, 0.3) is 0 Å². The smallest absolute Gasteiger partial charge is 0.375 e. The topological polar surface area (TPSA) is 43.4 Å². The molecule has 0 saturated carbocycles. The highest BCUT2D eigenvalue weighted by molar-refractivity contribution is 6.45. The van der Waals surface area contributed by atoms with E-state index in [1.807, 2.05) is 0 Å². The van der Waals surface area contributed by atoms with Gasteiger partial charge in [0.25, 0.3) is 5.78 Å². The standard InChI is InChI=1S/C4H5ClO3/c1-8-4(7)3(6)2-5/h2H2,1H3/i2D. The molecule has 46 valence electrons. The number of ether oxygens (including phenoxy) is 1. The van der Waals surface area contributed by atoms with Gasteiger partial charge in [-0.15, -0.1) is 11.6 Å². The van der Waals surface area contributed by atoms with Crippen molar-refractivity contribution in [3.63, 3.8) is 0 Å². The van der Waals surface area contributed by atoms with Crippen molar-refractivity contribution in [1.29, 1.82) is 0 Å². The molecule has 0 radical (unpaired) electrons. The minimum atomic E-state index is -1.54. The first kappa shape index (κ1) is 5.56. The first-order chi connectivity index (χ1) is 4.09. The molecule has 0 fully saturated rings. The minimum Gasteiger partial charge on any atom is -0.463 e. The fraction of sp³-hybridized carbons (Fsp3) is 0.500. The Morgan fingerprint density at radius 2 is 2.38 bits per heavy atom. The number of ketones is 1. The summed E-state index contributed by atoms with van der Waals surface area (Å²) in [6.07, 6.45) is 0. The number of carbonyl (C=O) groups excluding carboxylic acids is 2. The van der Waals surface area contributed by atoms with Gasteiger partial charge in [-0.3, -0.25) is 4.79 Å². The fourth-order valence-electron chi connectivity index (χ4n) is 0.145. The zero-order chi connectivity index (χ0) is 7.44. The molecule has 0 rings (SSSR count). The molecular weight excluding hydrogens is 131 g/mol. The van der Waals surface area contributed by atoms with Crippen LogP contribution in [-0.4, -0.2) is 24.7 Å². The molecule has 3 nitrogen and oxygen atoms in total. The average Bonchev–Trinajstić information content (AvgIpc) is 1.84. The quantitative estimate of drug-likeness (QED) is 0.305. The molecular formula is C4H5ClO3. The molecule has 0 N–H and O–H groups in total. The Bertz CT molecular complexity index is 134. The number of rotatable bonds is 2. The van der Waals surface area contributed by atoms with Crippen molar-refractivity contribution in [2.24, 2.45) is 0 Å². The van der Waals surface area contributed by atoms with E-state index in [-0.39, 0.29) is 0 Å². The maximum atomic E-state index is 10.3. The summed E-state index contributed by atoms with van der Waals surface area (Å²) >= 11 is 4.92. The van der Waals surface area contributed by atoms with Crippen molar-refractivity contribution < 1.29 is 15.7 Å². The minimum absolute atomic E-state index is 1.04. The Morgan fingerprint density at radius 3 is 2.50 bits per heavy atom. The highest BCUT2D eigenvalue weighted by Crippen LogP contribution is 1.80. The molecule has 0 saturated heterocycles. The zero-order valence-corrected chi connectivity index (χ0v) is 4.94. The summed E-state index contributed by atoms with van der Waals surface area (Å²) in [5, 5.41) is 0. The van der Waals surface area contributed by atoms with E-state index in [1.54, 1.807) is 0 Å². The van der Waals surface area contributed by atoms with Gasteiger partial charge in [0.2, 0.25) is 0 Å². The molecule has 4 heteroatoms. The van der Waals surface area contributed by atoms with E-state index in [1.165, 1.54) is 0 Å². The molecule has 0 bridgehead atoms. The van der Waals surface area contributed by atoms with Crippen molar-refractivity contribution in [3.8, 4) is 0 Å². The lowest BCUT2D eigenvalue weighted by Crippen LogP contribution is -2.16. The monoisotopic (exact) mass is 137 g/mol. The lowest BCUT2D eigenvalue weighted by molar-refractivity contribution is -0.150. The van der Waals surface area contributed by atoms with Crippen molar-refractivity contribution in [2.75, 3.05) is 13.0 Å². The van der Waals surface area contributed by atoms with Crippen LogP contribution >= 0.6 is 11.6 Å². The van der Waals surface area contributed by atoms with Gasteiger partial charge in [-0.25, -0.2) is 4.79 Å². The van der Waals surface area contributed by atoms with Crippen LogP contribution in [0, 0.1) is 0 Å². The van der Waals surface area contributed by atoms with E-state index in [2.05, 4.69) is 4.74 Å². The van der Waals surface area contributed by atoms with Crippen molar-refractivity contribution >= 4 is 23.4 Å². The van der Waals surface area contributed by atoms with E-state index in [0.717, 1.165) is 7.11 Å². The molecule has 0 amide bonds. The molecule has 0 aliphatic heterocycles. The average molecular weight is 138 g/mol. The van der Waals surface area contributed by atoms with E-state index in [0.29, 0.717) is 0 Å². The van der Waals surface area contributed by atoms with Gasteiger partial charge in [0.1, 0.15) is 0 Å². The highest BCUT2D eigenvalue weighted by Gasteiger charge is 2.10. The number of Topliss-reactive ketones (excluding diaryl/α,β-unsaturated/α-hetero) is 1. The molecule has 0 aliphatic rings. The van der Waals surface area contributed by atoms with Crippen LogP contribution in [0.15, 0.2) is 0 Å². The maximum absolute atomic E-state index is 10.3. The van der Waals surface area contributed by atoms with Crippen LogP contribution in [0.4, 0.5) is 0 Å². The summed E-state index contributed by atoms with van der Waals surface area (Å²) in [6, 6.07) is 0. The molecule has 0 heterocycles. The summed E-state index contributed by atoms with van der Waals surface area (Å²) < 4.78 is 10.5. The second-order valence-corrected chi connectivity index (χ2v) is 1.18. The molecule has 0 aromatic heterocycles. The van der Waals surface area contributed by atoms with Gasteiger partial charge in [-0.1, -0.05) is 0 Å². The molecule has 0 aliphatic carbocycles. The molecule has 0 spiro atoms. The third-order valence-electron chi connectivity index (χ3n) is 0.486. The number of hydrogen-bond acceptors (Lipinski definition) is 3. The predicted molar refractivity (Wildman–Crippen MR) is 27.7 cm³/mol. The van der Waals surface area contributed by atoms with Gasteiger partial charge in [0.05, 0.1) is 14.3 Å². The second kappa shape index (κ2) is 3.43. The maximum Gasteiger partial charge on any atom is 0.375 e. The largest absolute Gasteiger partial charge is 0.463 e. The Morgan fingerprint density at radius 1 is 1.88 bits per heavy atom. The summed E-state index contributed by atoms with van der Waals surface area (Å²) in [4.78, 5) is 20.5. The first-order valence-corrected chi connectivity index (χ1v) is 2.21. The third kappa shape index (κ3) is 1.93. The van der Waals surface area contributed by atoms with Gasteiger partial charge in [0.15, 0.2) is 0 Å². The number of halogens is 1. The van der Waals surface area contributed by atoms with Crippen molar-refractivity contribution in [3.05, 3.63) is 0 Å². The Hall–Kier alpha value is -0.570.